The minimum Gasteiger partial charge on any atom is -0.379 e. The molecule has 10 nitrogen and oxygen atoms in total. The summed E-state index contributed by atoms with van der Waals surface area (Å²) >= 11 is 0. The van der Waals surface area contributed by atoms with Gasteiger partial charge in [0.25, 0.3) is 0 Å². The van der Waals surface area contributed by atoms with E-state index in [9.17, 15) is 21.6 Å². The Labute approximate surface area is 218 Å². The Balaban J connectivity index is 1.49. The normalized spacial score (nSPS) is 14.7. The number of aromatic nitrogens is 3. The summed E-state index contributed by atoms with van der Waals surface area (Å²) in [6, 6.07) is 10.6. The van der Waals surface area contributed by atoms with E-state index in [-0.39, 0.29) is 24.1 Å². The van der Waals surface area contributed by atoms with Gasteiger partial charge in [-0.05, 0) is 30.7 Å². The van der Waals surface area contributed by atoms with Gasteiger partial charge in [-0.15, -0.1) is 0 Å². The largest absolute Gasteiger partial charge is 0.421 e. The summed E-state index contributed by atoms with van der Waals surface area (Å²) in [4.78, 5) is 14.2. The minimum atomic E-state index is -4.70. The van der Waals surface area contributed by atoms with Crippen LogP contribution in [0.2, 0.25) is 0 Å². The molecule has 14 heteroatoms. The van der Waals surface area contributed by atoms with Crippen LogP contribution >= 0.6 is 0 Å². The Morgan fingerprint density at radius 2 is 1.79 bits per heavy atom. The first-order valence-corrected chi connectivity index (χ1v) is 13.6. The van der Waals surface area contributed by atoms with E-state index in [0.29, 0.717) is 30.7 Å². The van der Waals surface area contributed by atoms with Crippen molar-refractivity contribution in [2.24, 2.45) is 0 Å². The third kappa shape index (κ3) is 7.52. The van der Waals surface area contributed by atoms with Gasteiger partial charge < -0.3 is 15.4 Å². The van der Waals surface area contributed by atoms with Gasteiger partial charge in [-0.3, -0.25) is 9.62 Å². The van der Waals surface area contributed by atoms with Gasteiger partial charge in [-0.25, -0.2) is 18.4 Å². The lowest BCUT2D eigenvalue weighted by atomic mass is 10.2. The first-order chi connectivity index (χ1) is 18.1. The molecule has 0 amide bonds. The zero-order chi connectivity index (χ0) is 27.2. The second kappa shape index (κ2) is 11.9. The molecule has 1 fully saturated rings. The fourth-order valence-corrected chi connectivity index (χ4v) is 4.32. The molecule has 1 aliphatic heterocycles. The van der Waals surface area contributed by atoms with Crippen LogP contribution in [0.1, 0.15) is 23.6 Å². The maximum atomic E-state index is 13.7. The van der Waals surface area contributed by atoms with Crippen LogP contribution in [-0.4, -0.2) is 60.3 Å². The number of hydrogen-bond acceptors (Lipinski definition) is 9. The summed E-state index contributed by atoms with van der Waals surface area (Å²) in [5.41, 5.74) is 1.01. The molecule has 1 saturated heterocycles. The first kappa shape index (κ1) is 27.5. The zero-order valence-electron chi connectivity index (χ0n) is 20.6. The van der Waals surface area contributed by atoms with Crippen molar-refractivity contribution in [2.75, 3.05) is 47.4 Å². The van der Waals surface area contributed by atoms with Crippen LogP contribution in [-0.2, 0) is 34.0 Å². The standard InChI is InChI=1S/C24H28F3N7O3S/c1-2-38(35,36)33-21-18(4-3-9-28-21)14-29-22-20(24(25,26)27)15-30-23(32-22)31-19-7-5-17(6-8-19)16-34-10-12-37-13-11-34/h3-9,15H,2,10-14,16H2,1H3,(H,28,33)(H2,29,30,31,32). The van der Waals surface area contributed by atoms with Gasteiger partial charge in [0.2, 0.25) is 16.0 Å². The number of nitrogens with one attached hydrogen (secondary N) is 3. The molecule has 2 aromatic heterocycles. The number of benzene rings is 1. The van der Waals surface area contributed by atoms with Crippen LogP contribution in [0.25, 0.3) is 0 Å². The molecule has 0 unspecified atom stereocenters. The second-order valence-electron chi connectivity index (χ2n) is 8.53. The van der Waals surface area contributed by atoms with Crippen molar-refractivity contribution in [2.45, 2.75) is 26.2 Å². The topological polar surface area (TPSA) is 121 Å². The highest BCUT2D eigenvalue weighted by atomic mass is 32.2. The Morgan fingerprint density at radius 3 is 2.47 bits per heavy atom. The van der Waals surface area contributed by atoms with E-state index in [2.05, 4.69) is 35.2 Å². The molecule has 0 aliphatic carbocycles. The van der Waals surface area contributed by atoms with E-state index in [1.165, 1.54) is 13.1 Å². The van der Waals surface area contributed by atoms with E-state index in [1.807, 2.05) is 24.3 Å². The predicted octanol–water partition coefficient (Wildman–Crippen LogP) is 3.84. The SMILES string of the molecule is CCS(=O)(=O)Nc1ncccc1CNc1nc(Nc2ccc(CN3CCOCC3)cc2)ncc1C(F)(F)F. The molecule has 3 N–H and O–H groups in total. The average molecular weight is 552 g/mol. The van der Waals surface area contributed by atoms with Crippen LogP contribution in [0.3, 0.4) is 0 Å². The second-order valence-corrected chi connectivity index (χ2v) is 10.5. The van der Waals surface area contributed by atoms with Crippen molar-refractivity contribution in [1.29, 1.82) is 0 Å². The summed E-state index contributed by atoms with van der Waals surface area (Å²) in [6.45, 7) is 5.21. The quantitative estimate of drug-likeness (QED) is 0.345. The lowest BCUT2D eigenvalue weighted by molar-refractivity contribution is -0.137. The first-order valence-electron chi connectivity index (χ1n) is 11.9. The van der Waals surface area contributed by atoms with Gasteiger partial charge in [-0.1, -0.05) is 18.2 Å². The molecule has 0 spiro atoms. The van der Waals surface area contributed by atoms with Crippen molar-refractivity contribution >= 4 is 33.3 Å². The lowest BCUT2D eigenvalue weighted by Crippen LogP contribution is -2.35. The smallest absolute Gasteiger partial charge is 0.379 e. The number of morpholine rings is 1. The number of ether oxygens (including phenoxy) is 1. The molecule has 0 atom stereocenters. The molecule has 1 aliphatic rings. The molecular formula is C24H28F3N7O3S. The number of hydrogen-bond donors (Lipinski definition) is 3. The van der Waals surface area contributed by atoms with Gasteiger partial charge in [-0.2, -0.15) is 18.2 Å². The highest BCUT2D eigenvalue weighted by Crippen LogP contribution is 2.34. The summed E-state index contributed by atoms with van der Waals surface area (Å²) in [5.74, 6) is -0.629. The van der Waals surface area contributed by atoms with Gasteiger partial charge in [0.15, 0.2) is 0 Å². The number of nitrogens with zero attached hydrogens (tertiary/aromatic N) is 4. The number of halogens is 3. The van der Waals surface area contributed by atoms with E-state index in [4.69, 9.17) is 4.74 Å². The fourth-order valence-electron chi connectivity index (χ4n) is 3.70. The van der Waals surface area contributed by atoms with Crippen molar-refractivity contribution in [3.63, 3.8) is 0 Å². The maximum Gasteiger partial charge on any atom is 0.421 e. The van der Waals surface area contributed by atoms with E-state index in [1.54, 1.807) is 12.1 Å². The summed E-state index contributed by atoms with van der Waals surface area (Å²) in [6.07, 6.45) is -2.62. The molecule has 0 bridgehead atoms. The van der Waals surface area contributed by atoms with E-state index < -0.39 is 27.6 Å². The summed E-state index contributed by atoms with van der Waals surface area (Å²) in [5, 5.41) is 5.59. The van der Waals surface area contributed by atoms with Crippen molar-refractivity contribution in [3.05, 3.63) is 65.5 Å². The highest BCUT2D eigenvalue weighted by molar-refractivity contribution is 7.92. The van der Waals surface area contributed by atoms with Crippen molar-refractivity contribution in [1.82, 2.24) is 19.9 Å². The highest BCUT2D eigenvalue weighted by Gasteiger charge is 2.35. The predicted molar refractivity (Wildman–Crippen MR) is 138 cm³/mol. The van der Waals surface area contributed by atoms with E-state index >= 15 is 0 Å². The Hall–Kier alpha value is -3.49. The monoisotopic (exact) mass is 551 g/mol. The van der Waals surface area contributed by atoms with Gasteiger partial charge in [0.1, 0.15) is 17.2 Å². The molecule has 1 aromatic carbocycles. The van der Waals surface area contributed by atoms with Crippen molar-refractivity contribution < 1.29 is 26.3 Å². The third-order valence-electron chi connectivity index (χ3n) is 5.78. The molecule has 3 heterocycles. The molecule has 4 rings (SSSR count). The number of sulfonamides is 1. The Kier molecular flexibility index (Phi) is 8.64. The van der Waals surface area contributed by atoms with Crippen LogP contribution < -0.4 is 15.4 Å². The maximum absolute atomic E-state index is 13.7. The van der Waals surface area contributed by atoms with E-state index in [0.717, 1.165) is 25.2 Å². The third-order valence-corrected chi connectivity index (χ3v) is 7.05. The molecule has 3 aromatic rings. The van der Waals surface area contributed by atoms with Gasteiger partial charge >= 0.3 is 6.18 Å². The number of rotatable bonds is 10. The Bertz CT molecular complexity index is 1330. The number of anilines is 4. The van der Waals surface area contributed by atoms with Crippen LogP contribution in [0.5, 0.6) is 0 Å². The summed E-state index contributed by atoms with van der Waals surface area (Å²) in [7, 11) is -3.63. The average Bonchev–Trinajstić information content (AvgIpc) is 2.89. The van der Waals surface area contributed by atoms with Crippen molar-refractivity contribution in [3.8, 4) is 0 Å². The number of pyridine rings is 1. The molecule has 204 valence electrons. The Morgan fingerprint density at radius 1 is 1.05 bits per heavy atom. The summed E-state index contributed by atoms with van der Waals surface area (Å²) < 4.78 is 72.6. The lowest BCUT2D eigenvalue weighted by Gasteiger charge is -2.26. The minimum absolute atomic E-state index is 0.0278. The van der Waals surface area contributed by atoms with Gasteiger partial charge in [0.05, 0.1) is 19.0 Å². The number of alkyl halides is 3. The van der Waals surface area contributed by atoms with Gasteiger partial charge in [0, 0.05) is 49.8 Å². The molecule has 38 heavy (non-hydrogen) atoms. The zero-order valence-corrected chi connectivity index (χ0v) is 21.4. The van der Waals surface area contributed by atoms with Crippen LogP contribution in [0, 0.1) is 0 Å². The molecule has 0 radical (unpaired) electrons. The van der Waals surface area contributed by atoms with Crippen LogP contribution in [0.15, 0.2) is 48.8 Å². The molecule has 0 saturated carbocycles. The molecular weight excluding hydrogens is 523 g/mol. The van der Waals surface area contributed by atoms with Crippen LogP contribution in [0.4, 0.5) is 36.4 Å². The fraction of sp³-hybridized carbons (Fsp3) is 0.375.